The molecule has 0 fully saturated rings. The van der Waals surface area contributed by atoms with Crippen LogP contribution in [0.3, 0.4) is 0 Å². The summed E-state index contributed by atoms with van der Waals surface area (Å²) in [6, 6.07) is 0. The first-order valence-electron chi connectivity index (χ1n) is 0. The van der Waals surface area contributed by atoms with Gasteiger partial charge in [-0.05, 0) is 0 Å². The minimum Gasteiger partial charge on any atom is -2.00 e. The summed E-state index contributed by atoms with van der Waals surface area (Å²) in [4.78, 5) is 0. The maximum absolute atomic E-state index is 0. The minimum absolute atomic E-state index is 0. The molecule has 0 rings (SSSR count). The molecule has 0 aromatic rings. The third-order valence-electron chi connectivity index (χ3n) is 0. The van der Waals surface area contributed by atoms with E-state index < -0.39 is 0 Å². The van der Waals surface area contributed by atoms with Crippen molar-refractivity contribution in [1.29, 1.82) is 0 Å². The van der Waals surface area contributed by atoms with E-state index >= 15 is 0 Å². The zero-order chi connectivity index (χ0) is 0. The van der Waals surface area contributed by atoms with Crippen LogP contribution in [0.1, 0.15) is 0 Å². The van der Waals surface area contributed by atoms with Crippen LogP contribution in [0.15, 0.2) is 0 Å². The van der Waals surface area contributed by atoms with Gasteiger partial charge < -0.3 is 5.48 Å². The van der Waals surface area contributed by atoms with Crippen LogP contribution in [-0.4, -0.2) is 0 Å². The van der Waals surface area contributed by atoms with E-state index in [-0.39, 0.29) is 72.9 Å². The fraction of sp³-hybridized carbons (Fsp3) is 0. The van der Waals surface area contributed by atoms with Gasteiger partial charge in [-0.15, -0.1) is 0 Å². The molecule has 5 heavy (non-hydrogen) atoms. The van der Waals surface area contributed by atoms with Crippen molar-refractivity contribution in [2.45, 2.75) is 0 Å². The summed E-state index contributed by atoms with van der Waals surface area (Å²) in [5.41, 5.74) is 0. The SMILES string of the molecule is [Cf].[Li+].[O-2].[Ta+5].[Zr+4]. The van der Waals surface area contributed by atoms with E-state index in [0.29, 0.717) is 0 Å². The molecule has 0 aromatic heterocycles. The van der Waals surface area contributed by atoms with E-state index in [9.17, 15) is 0 Å². The van der Waals surface area contributed by atoms with Gasteiger partial charge in [0.15, 0.2) is 0 Å². The Hall–Kier alpha value is 1.18. The van der Waals surface area contributed by atoms with Crippen LogP contribution in [0.5, 0.6) is 0 Å². The van der Waals surface area contributed by atoms with Crippen LogP contribution in [0.2, 0.25) is 0 Å². The molecule has 0 bridgehead atoms. The largest absolute Gasteiger partial charge is 5.00 e. The zero-order valence-corrected chi connectivity index (χ0v) is 11.0. The summed E-state index contributed by atoms with van der Waals surface area (Å²) in [6.07, 6.45) is 0. The molecule has 0 radical (unpaired) electrons. The fourth-order valence-corrected chi connectivity index (χ4v) is 0. The second kappa shape index (κ2) is 64.9. The molecule has 1 nitrogen and oxygen atoms in total. The average Bonchev–Trinajstić information content (AvgIpc) is 0. The Labute approximate surface area is 72.0 Å². The molecule has 0 aliphatic rings. The third kappa shape index (κ3) is 37.6. The summed E-state index contributed by atoms with van der Waals surface area (Å²) in [7, 11) is 0. The summed E-state index contributed by atoms with van der Waals surface area (Å²) in [6.45, 7) is 0. The smallest absolute Gasteiger partial charge is 2.00 e. The molecule has 0 amide bonds. The van der Waals surface area contributed by atoms with E-state index in [0.717, 1.165) is 0 Å². The molecule has 0 saturated heterocycles. The molecular formula is CfLiOTaZr+8. The van der Waals surface area contributed by atoms with Gasteiger partial charge in [0.25, 0.3) is 0 Å². The quantitative estimate of drug-likeness (QED) is 0.288. The second-order valence-electron chi connectivity index (χ2n) is 0. The molecule has 0 saturated carbocycles. The van der Waals surface area contributed by atoms with Gasteiger partial charge in [0.05, 0.1) is 0 Å². The number of rotatable bonds is 0. The van der Waals surface area contributed by atoms with Crippen LogP contribution >= 0.6 is 0 Å². The molecule has 0 atom stereocenters. The van der Waals surface area contributed by atoms with Crippen LogP contribution in [0, 0.1) is 0 Å². The van der Waals surface area contributed by atoms with Crippen molar-refractivity contribution in [3.05, 3.63) is 0 Å². The van der Waals surface area contributed by atoms with Crippen LogP contribution in [-0.2, 0) is 54.1 Å². The Kier molecular flexibility index (Phi) is 1550. The van der Waals surface area contributed by atoms with Gasteiger partial charge in [0.2, 0.25) is 0 Å². The summed E-state index contributed by atoms with van der Waals surface area (Å²) in [5.74, 6) is 0. The van der Waals surface area contributed by atoms with Crippen molar-refractivity contribution in [2.75, 3.05) is 0 Å². The third-order valence-corrected chi connectivity index (χ3v) is 0. The van der Waals surface area contributed by atoms with Gasteiger partial charge in [-0.25, -0.2) is 0 Å². The van der Waals surface area contributed by atoms with Gasteiger partial charge in [-0.3, -0.25) is 0 Å². The Morgan fingerprint density at radius 3 is 1.00 bits per heavy atom. The van der Waals surface area contributed by atoms with Gasteiger partial charge in [-0.1, -0.05) is 0 Å². The van der Waals surface area contributed by atoms with Gasteiger partial charge in [-0.2, -0.15) is 0 Å². The predicted molar refractivity (Wildman–Crippen MR) is 0.686 cm³/mol. The molecule has 0 heterocycles. The van der Waals surface area contributed by atoms with Crippen LogP contribution in [0.4, 0.5) is 0 Å². The first kappa shape index (κ1) is 119. The minimum atomic E-state index is 0. The van der Waals surface area contributed by atoms with Crippen molar-refractivity contribution in [3.63, 3.8) is 0 Å². The molecule has 0 N–H and O–H groups in total. The molecule has 0 unspecified atom stereocenters. The summed E-state index contributed by atoms with van der Waals surface area (Å²) < 4.78 is 0. The van der Waals surface area contributed by atoms with E-state index in [1.807, 2.05) is 0 Å². The monoisotopic (exact) mass is 543 g/mol. The number of hydrogen-bond donors (Lipinski definition) is 0. The first-order chi connectivity index (χ1) is 0. The normalized spacial score (nSPS) is 0. The standard InChI is InChI=1S/Cf.Li.O.Ta.Zr/q;+1;-2;+5;+4. The van der Waals surface area contributed by atoms with E-state index in [1.54, 1.807) is 0 Å². The maximum Gasteiger partial charge on any atom is 5.00 e. The average molecular weight is 546 g/mol. The second-order valence-corrected chi connectivity index (χ2v) is 0. The molecule has 0 aliphatic carbocycles. The molecular weight excluding hydrogens is 546 g/mol. The van der Waals surface area contributed by atoms with Crippen molar-refractivity contribution < 1.29 is 72.9 Å². The van der Waals surface area contributed by atoms with E-state index in [1.165, 1.54) is 0 Å². The molecule has 5 heteroatoms. The maximum atomic E-state index is 0. The van der Waals surface area contributed by atoms with E-state index in [4.69, 9.17) is 0 Å². The van der Waals surface area contributed by atoms with Crippen molar-refractivity contribution in [3.8, 4) is 0 Å². The van der Waals surface area contributed by atoms with E-state index in [2.05, 4.69) is 0 Å². The van der Waals surface area contributed by atoms with Crippen LogP contribution < -0.4 is 18.9 Å². The molecule has 18 valence electrons. The molecule has 0 aliphatic heterocycles. The zero-order valence-electron chi connectivity index (χ0n) is 2.67. The van der Waals surface area contributed by atoms with Crippen molar-refractivity contribution in [2.24, 2.45) is 0 Å². The summed E-state index contributed by atoms with van der Waals surface area (Å²) >= 11 is 0. The molecule has 0 spiro atoms. The Morgan fingerprint density at radius 1 is 1.00 bits per heavy atom. The van der Waals surface area contributed by atoms with Gasteiger partial charge in [0, 0.05) is 0 Å². The first-order valence-corrected chi connectivity index (χ1v) is 0. The Morgan fingerprint density at radius 2 is 1.00 bits per heavy atom. The van der Waals surface area contributed by atoms with Crippen molar-refractivity contribution >= 4 is 0 Å². The van der Waals surface area contributed by atoms with Crippen molar-refractivity contribution in [1.82, 2.24) is 0 Å². The fourth-order valence-electron chi connectivity index (χ4n) is 0. The Bertz CT molecular complexity index is 11.6. The molecule has 0 aromatic carbocycles. The topological polar surface area (TPSA) is 28.5 Å². The number of hydrogen-bond acceptors (Lipinski definition) is 0. The summed E-state index contributed by atoms with van der Waals surface area (Å²) in [5, 5.41) is 0. The van der Waals surface area contributed by atoms with Gasteiger partial charge in [0.1, 0.15) is 0 Å². The van der Waals surface area contributed by atoms with Crippen LogP contribution in [0.25, 0.3) is 0 Å². The van der Waals surface area contributed by atoms with Gasteiger partial charge >= 0.3 is 67.4 Å². The Balaban J connectivity index is 0. The predicted octanol–water partition coefficient (Wildman–Crippen LogP) is -3.12.